The summed E-state index contributed by atoms with van der Waals surface area (Å²) in [4.78, 5) is 25.4. The highest BCUT2D eigenvalue weighted by Gasteiger charge is 2.32. The molecular weight excluding hydrogens is 473 g/mol. The number of carbonyl (C=O) groups is 1. The van der Waals surface area contributed by atoms with Gasteiger partial charge >= 0.3 is 12.2 Å². The summed E-state index contributed by atoms with van der Waals surface area (Å²) in [6.45, 7) is 8.27. The van der Waals surface area contributed by atoms with Crippen molar-refractivity contribution in [1.82, 2.24) is 14.9 Å². The number of nitrogens with one attached hydrogen (secondary N) is 2. The van der Waals surface area contributed by atoms with Crippen LogP contribution in [-0.2, 0) is 6.18 Å². The quantitative estimate of drug-likeness (QED) is 0.473. The van der Waals surface area contributed by atoms with Gasteiger partial charge in [0, 0.05) is 43.6 Å². The SMILES string of the molecule is CCN1CCN(c2cc(Oc3ccc(NC(=O)Nc4ccc(C)c(C(F)(F)F)c4)cc3)ncn2)CC1. The number of urea groups is 1. The van der Waals surface area contributed by atoms with Crippen molar-refractivity contribution >= 4 is 23.2 Å². The molecule has 0 radical (unpaired) electrons. The van der Waals surface area contributed by atoms with Gasteiger partial charge < -0.3 is 25.2 Å². The van der Waals surface area contributed by atoms with E-state index in [1.165, 1.54) is 25.4 Å². The van der Waals surface area contributed by atoms with E-state index in [1.807, 2.05) is 0 Å². The number of benzene rings is 2. The summed E-state index contributed by atoms with van der Waals surface area (Å²) in [7, 11) is 0. The molecule has 0 bridgehead atoms. The highest BCUT2D eigenvalue weighted by atomic mass is 19.4. The Kier molecular flexibility index (Phi) is 7.58. The van der Waals surface area contributed by atoms with Gasteiger partial charge in [0.1, 0.15) is 17.9 Å². The van der Waals surface area contributed by atoms with Crippen molar-refractivity contribution in [2.45, 2.75) is 20.0 Å². The molecule has 1 fully saturated rings. The number of hydrogen-bond donors (Lipinski definition) is 2. The molecule has 2 N–H and O–H groups in total. The highest BCUT2D eigenvalue weighted by molar-refractivity contribution is 5.99. The summed E-state index contributed by atoms with van der Waals surface area (Å²) >= 11 is 0. The number of nitrogens with zero attached hydrogens (tertiary/aromatic N) is 4. The standard InChI is InChI=1S/C25H27F3N6O2/c1-3-33-10-12-34(13-11-33)22-15-23(30-16-29-22)36-20-8-6-18(7-9-20)31-24(35)32-19-5-4-17(2)21(14-19)25(26,27)28/h4-9,14-16H,3,10-13H2,1-2H3,(H2,31,32,35). The van der Waals surface area contributed by atoms with Crippen LogP contribution >= 0.6 is 0 Å². The summed E-state index contributed by atoms with van der Waals surface area (Å²) < 4.78 is 45.1. The van der Waals surface area contributed by atoms with Gasteiger partial charge in [-0.15, -0.1) is 0 Å². The van der Waals surface area contributed by atoms with Crippen LogP contribution in [-0.4, -0.2) is 53.6 Å². The number of amides is 2. The van der Waals surface area contributed by atoms with Crippen LogP contribution in [0.5, 0.6) is 11.6 Å². The van der Waals surface area contributed by atoms with Crippen LogP contribution in [0.15, 0.2) is 54.9 Å². The van der Waals surface area contributed by atoms with Gasteiger partial charge in [-0.2, -0.15) is 13.2 Å². The summed E-state index contributed by atoms with van der Waals surface area (Å²) in [6.07, 6.45) is -3.03. The number of ether oxygens (including phenoxy) is 1. The zero-order valence-electron chi connectivity index (χ0n) is 20.0. The molecule has 8 nitrogen and oxygen atoms in total. The molecule has 0 saturated carbocycles. The number of aromatic nitrogens is 2. The first-order valence-corrected chi connectivity index (χ1v) is 11.5. The maximum Gasteiger partial charge on any atom is 0.416 e. The lowest BCUT2D eigenvalue weighted by atomic mass is 10.1. The van der Waals surface area contributed by atoms with E-state index >= 15 is 0 Å². The Bertz CT molecular complexity index is 1200. The van der Waals surface area contributed by atoms with E-state index in [-0.39, 0.29) is 11.3 Å². The number of anilines is 3. The third-order valence-corrected chi connectivity index (χ3v) is 5.91. The van der Waals surface area contributed by atoms with Crippen molar-refractivity contribution < 1.29 is 22.7 Å². The summed E-state index contributed by atoms with van der Waals surface area (Å²) in [5.74, 6) is 1.71. The van der Waals surface area contributed by atoms with Crippen molar-refractivity contribution in [2.24, 2.45) is 0 Å². The Morgan fingerprint density at radius 2 is 1.64 bits per heavy atom. The Morgan fingerprint density at radius 3 is 2.31 bits per heavy atom. The Balaban J connectivity index is 1.34. The smallest absolute Gasteiger partial charge is 0.416 e. The molecule has 2 aromatic carbocycles. The molecule has 0 aliphatic carbocycles. The second-order valence-corrected chi connectivity index (χ2v) is 8.37. The van der Waals surface area contributed by atoms with Crippen molar-refractivity contribution in [3.8, 4) is 11.6 Å². The highest BCUT2D eigenvalue weighted by Crippen LogP contribution is 2.33. The second kappa shape index (κ2) is 10.8. The number of carbonyl (C=O) groups excluding carboxylic acids is 1. The lowest BCUT2D eigenvalue weighted by Gasteiger charge is -2.34. The van der Waals surface area contributed by atoms with Gasteiger partial charge in [-0.1, -0.05) is 13.0 Å². The number of piperazine rings is 1. The monoisotopic (exact) mass is 500 g/mol. The minimum atomic E-state index is -4.50. The maximum absolute atomic E-state index is 13.1. The number of halogens is 3. The van der Waals surface area contributed by atoms with E-state index in [1.54, 1.807) is 30.3 Å². The third kappa shape index (κ3) is 6.42. The largest absolute Gasteiger partial charge is 0.439 e. The fourth-order valence-electron chi connectivity index (χ4n) is 3.88. The van der Waals surface area contributed by atoms with Crippen LogP contribution in [0.1, 0.15) is 18.1 Å². The fourth-order valence-corrected chi connectivity index (χ4v) is 3.88. The van der Waals surface area contributed by atoms with Gasteiger partial charge in [0.2, 0.25) is 5.88 Å². The Labute approximate surface area is 207 Å². The number of likely N-dealkylation sites (N-methyl/N-ethyl adjacent to an activating group) is 1. The molecule has 190 valence electrons. The topological polar surface area (TPSA) is 82.6 Å². The number of aryl methyl sites for hydroxylation is 1. The third-order valence-electron chi connectivity index (χ3n) is 5.91. The molecule has 0 spiro atoms. The number of alkyl halides is 3. The van der Waals surface area contributed by atoms with E-state index in [0.717, 1.165) is 44.6 Å². The summed E-state index contributed by atoms with van der Waals surface area (Å²) in [5.41, 5.74) is -0.224. The van der Waals surface area contributed by atoms with Gasteiger partial charge in [-0.05, 0) is 55.4 Å². The van der Waals surface area contributed by atoms with Crippen molar-refractivity contribution in [3.63, 3.8) is 0 Å². The molecule has 0 atom stereocenters. The molecule has 4 rings (SSSR count). The lowest BCUT2D eigenvalue weighted by molar-refractivity contribution is -0.138. The molecule has 11 heteroatoms. The first-order chi connectivity index (χ1) is 17.2. The van der Waals surface area contributed by atoms with Gasteiger partial charge in [0.15, 0.2) is 0 Å². The van der Waals surface area contributed by atoms with E-state index in [0.29, 0.717) is 17.3 Å². The predicted molar refractivity (Wildman–Crippen MR) is 132 cm³/mol. The normalized spacial score (nSPS) is 14.4. The van der Waals surface area contributed by atoms with Crippen LogP contribution < -0.4 is 20.3 Å². The Hall–Kier alpha value is -3.86. The first kappa shape index (κ1) is 25.2. The van der Waals surface area contributed by atoms with E-state index < -0.39 is 17.8 Å². The van der Waals surface area contributed by atoms with Gasteiger partial charge in [0.25, 0.3) is 0 Å². The Morgan fingerprint density at radius 1 is 0.972 bits per heavy atom. The van der Waals surface area contributed by atoms with Crippen LogP contribution in [0.2, 0.25) is 0 Å². The van der Waals surface area contributed by atoms with Crippen molar-refractivity contribution in [1.29, 1.82) is 0 Å². The minimum absolute atomic E-state index is 0.0426. The predicted octanol–water partition coefficient (Wildman–Crippen LogP) is 5.38. The number of hydrogen-bond acceptors (Lipinski definition) is 6. The first-order valence-electron chi connectivity index (χ1n) is 11.5. The van der Waals surface area contributed by atoms with Crippen LogP contribution in [0.4, 0.5) is 35.2 Å². The zero-order valence-corrected chi connectivity index (χ0v) is 20.0. The molecule has 0 unspecified atom stereocenters. The number of rotatable bonds is 6. The summed E-state index contributed by atoms with van der Waals surface area (Å²) in [5, 5.41) is 5.01. The van der Waals surface area contributed by atoms with E-state index in [9.17, 15) is 18.0 Å². The van der Waals surface area contributed by atoms with Gasteiger partial charge in [-0.25, -0.2) is 14.8 Å². The fraction of sp³-hybridized carbons (Fsp3) is 0.320. The molecule has 36 heavy (non-hydrogen) atoms. The molecule has 1 saturated heterocycles. The zero-order chi connectivity index (χ0) is 25.7. The molecule has 2 heterocycles. The van der Waals surface area contributed by atoms with Crippen LogP contribution in [0.3, 0.4) is 0 Å². The van der Waals surface area contributed by atoms with Crippen LogP contribution in [0.25, 0.3) is 0 Å². The molecular formula is C25H27F3N6O2. The maximum atomic E-state index is 13.1. The molecule has 1 aliphatic rings. The second-order valence-electron chi connectivity index (χ2n) is 8.37. The van der Waals surface area contributed by atoms with Gasteiger partial charge in [-0.3, -0.25) is 0 Å². The van der Waals surface area contributed by atoms with E-state index in [4.69, 9.17) is 4.74 Å². The molecule has 2 amide bonds. The van der Waals surface area contributed by atoms with E-state index in [2.05, 4.69) is 37.3 Å². The molecule has 1 aliphatic heterocycles. The van der Waals surface area contributed by atoms with Crippen LogP contribution in [0, 0.1) is 6.92 Å². The van der Waals surface area contributed by atoms with Gasteiger partial charge in [0.05, 0.1) is 5.56 Å². The van der Waals surface area contributed by atoms with Crippen molar-refractivity contribution in [2.75, 3.05) is 48.3 Å². The average Bonchev–Trinajstić information content (AvgIpc) is 2.86. The van der Waals surface area contributed by atoms with Crippen molar-refractivity contribution in [3.05, 3.63) is 66.0 Å². The lowest BCUT2D eigenvalue weighted by Crippen LogP contribution is -2.46. The summed E-state index contributed by atoms with van der Waals surface area (Å²) in [6, 6.07) is 11.3. The average molecular weight is 501 g/mol. The molecule has 3 aromatic rings. The molecule has 1 aromatic heterocycles. The minimum Gasteiger partial charge on any atom is -0.439 e.